The van der Waals surface area contributed by atoms with E-state index < -0.39 is 0 Å². The van der Waals surface area contributed by atoms with Crippen molar-refractivity contribution in [1.29, 1.82) is 5.26 Å². The maximum Gasteiger partial charge on any atom is 0.117 e. The van der Waals surface area contributed by atoms with Gasteiger partial charge in [-0.15, -0.1) is 0 Å². The third-order valence-electron chi connectivity index (χ3n) is 1.67. The predicted octanol–water partition coefficient (Wildman–Crippen LogP) is 1.61. The molecule has 0 atom stereocenters. The van der Waals surface area contributed by atoms with Crippen molar-refractivity contribution >= 4 is 6.21 Å². The Hall–Kier alpha value is -1.30. The van der Waals surface area contributed by atoms with Gasteiger partial charge in [0.1, 0.15) is 11.8 Å². The highest BCUT2D eigenvalue weighted by Gasteiger charge is 2.09. The Labute approximate surface area is 73.6 Å². The minimum atomic E-state index is -0.0633. The van der Waals surface area contributed by atoms with E-state index in [4.69, 9.17) is 11.0 Å². The summed E-state index contributed by atoms with van der Waals surface area (Å²) in [7, 11) is 0. The monoisotopic (exact) mass is 165 g/mol. The van der Waals surface area contributed by atoms with Crippen LogP contribution in [0.2, 0.25) is 0 Å². The van der Waals surface area contributed by atoms with Gasteiger partial charge in [-0.05, 0) is 26.3 Å². The number of nitrogens with two attached hydrogens (primary N) is 1. The van der Waals surface area contributed by atoms with Crippen molar-refractivity contribution in [2.24, 2.45) is 10.7 Å². The first-order valence-corrected chi connectivity index (χ1v) is 3.93. The van der Waals surface area contributed by atoms with E-state index in [0.29, 0.717) is 0 Å². The number of allylic oxidation sites excluding steroid dienone is 2. The molecule has 12 heavy (non-hydrogen) atoms. The average Bonchev–Trinajstić information content (AvgIpc) is 2.04. The zero-order chi connectivity index (χ0) is 9.61. The van der Waals surface area contributed by atoms with Crippen LogP contribution in [0.4, 0.5) is 0 Å². The summed E-state index contributed by atoms with van der Waals surface area (Å²) in [6, 6.07) is 1.82. The average molecular weight is 165 g/mol. The molecule has 0 heterocycles. The van der Waals surface area contributed by atoms with Crippen molar-refractivity contribution in [2.75, 3.05) is 0 Å². The Morgan fingerprint density at radius 2 is 2.25 bits per heavy atom. The quantitative estimate of drug-likeness (QED) is 0.510. The molecule has 0 aromatic carbocycles. The van der Waals surface area contributed by atoms with E-state index in [2.05, 4.69) is 11.9 Å². The molecule has 0 aliphatic carbocycles. The molecular weight excluding hydrogens is 150 g/mol. The smallest absolute Gasteiger partial charge is 0.117 e. The van der Waals surface area contributed by atoms with Crippen LogP contribution < -0.4 is 5.73 Å². The minimum Gasteiger partial charge on any atom is -0.390 e. The lowest BCUT2D eigenvalue weighted by atomic mass is 10.0. The Morgan fingerprint density at radius 1 is 1.67 bits per heavy atom. The van der Waals surface area contributed by atoms with Crippen LogP contribution in [0.1, 0.15) is 27.2 Å². The number of hydrogen-bond donors (Lipinski definition) is 1. The van der Waals surface area contributed by atoms with E-state index >= 15 is 0 Å². The lowest BCUT2D eigenvalue weighted by Gasteiger charge is -2.15. The molecule has 0 saturated carbocycles. The van der Waals surface area contributed by atoms with Crippen LogP contribution in [0.5, 0.6) is 0 Å². The normalized spacial score (nSPS) is 13.3. The molecule has 0 rings (SSSR count). The fourth-order valence-electron chi connectivity index (χ4n) is 0.448. The molecule has 0 aromatic heterocycles. The molecular formula is C9H15N3. The molecule has 0 unspecified atom stereocenters. The fraction of sp³-hybridized carbons (Fsp3) is 0.556. The summed E-state index contributed by atoms with van der Waals surface area (Å²) in [5, 5.41) is 8.32. The highest BCUT2D eigenvalue weighted by Crippen LogP contribution is 2.11. The molecule has 0 bridgehead atoms. The lowest BCUT2D eigenvalue weighted by Crippen LogP contribution is -2.14. The zero-order valence-corrected chi connectivity index (χ0v) is 7.83. The highest BCUT2D eigenvalue weighted by molar-refractivity contribution is 5.73. The second-order valence-corrected chi connectivity index (χ2v) is 3.18. The van der Waals surface area contributed by atoms with Crippen LogP contribution >= 0.6 is 0 Å². The third-order valence-corrected chi connectivity index (χ3v) is 1.67. The van der Waals surface area contributed by atoms with Crippen LogP contribution in [-0.2, 0) is 0 Å². The van der Waals surface area contributed by atoms with E-state index in [1.54, 1.807) is 6.21 Å². The van der Waals surface area contributed by atoms with Crippen molar-refractivity contribution < 1.29 is 0 Å². The van der Waals surface area contributed by atoms with Gasteiger partial charge in [0.05, 0.1) is 5.54 Å². The van der Waals surface area contributed by atoms with Crippen molar-refractivity contribution in [2.45, 2.75) is 32.7 Å². The molecule has 2 N–H and O–H groups in total. The van der Waals surface area contributed by atoms with Crippen LogP contribution in [0.25, 0.3) is 0 Å². The van der Waals surface area contributed by atoms with Gasteiger partial charge in [-0.2, -0.15) is 5.26 Å². The van der Waals surface area contributed by atoms with Gasteiger partial charge in [-0.3, -0.25) is 4.99 Å². The van der Waals surface area contributed by atoms with Crippen LogP contribution in [0.15, 0.2) is 16.8 Å². The molecule has 0 amide bonds. The molecule has 0 spiro atoms. The second-order valence-electron chi connectivity index (χ2n) is 3.18. The number of hydrogen-bond acceptors (Lipinski definition) is 3. The summed E-state index contributed by atoms with van der Waals surface area (Å²) in [5.74, 6) is 0. The van der Waals surface area contributed by atoms with Gasteiger partial charge in [-0.1, -0.05) is 6.92 Å². The summed E-state index contributed by atoms with van der Waals surface area (Å²) in [6.45, 7) is 6.12. The molecule has 0 saturated heterocycles. The summed E-state index contributed by atoms with van der Waals surface area (Å²) >= 11 is 0. The zero-order valence-electron chi connectivity index (χ0n) is 7.83. The van der Waals surface area contributed by atoms with E-state index in [-0.39, 0.29) is 11.2 Å². The van der Waals surface area contributed by atoms with Crippen LogP contribution in [0.3, 0.4) is 0 Å². The first-order valence-electron chi connectivity index (χ1n) is 3.93. The van der Waals surface area contributed by atoms with E-state index in [9.17, 15) is 0 Å². The van der Waals surface area contributed by atoms with E-state index in [1.807, 2.05) is 19.9 Å². The van der Waals surface area contributed by atoms with Gasteiger partial charge in [0, 0.05) is 6.21 Å². The molecule has 0 aliphatic heterocycles. The molecule has 0 aliphatic rings. The van der Waals surface area contributed by atoms with E-state index in [0.717, 1.165) is 6.42 Å². The Morgan fingerprint density at radius 3 is 2.67 bits per heavy atom. The number of aliphatic imine (C=N–C) groups is 1. The van der Waals surface area contributed by atoms with Crippen LogP contribution in [0, 0.1) is 11.3 Å². The largest absolute Gasteiger partial charge is 0.390 e. The maximum absolute atomic E-state index is 8.32. The molecule has 66 valence electrons. The Kier molecular flexibility index (Phi) is 4.06. The van der Waals surface area contributed by atoms with Gasteiger partial charge >= 0.3 is 0 Å². The van der Waals surface area contributed by atoms with Crippen LogP contribution in [-0.4, -0.2) is 11.8 Å². The minimum absolute atomic E-state index is 0.0633. The number of rotatable bonds is 3. The summed E-state index contributed by atoms with van der Waals surface area (Å²) < 4.78 is 0. The van der Waals surface area contributed by atoms with Gasteiger partial charge < -0.3 is 5.73 Å². The van der Waals surface area contributed by atoms with Gasteiger partial charge in [0.2, 0.25) is 0 Å². The molecule has 0 aromatic rings. The summed E-state index contributed by atoms with van der Waals surface area (Å²) in [5.41, 5.74) is 5.38. The third kappa shape index (κ3) is 4.51. The first-order chi connectivity index (χ1) is 5.52. The molecule has 0 radical (unpaired) electrons. The van der Waals surface area contributed by atoms with Gasteiger partial charge in [0.15, 0.2) is 0 Å². The highest BCUT2D eigenvalue weighted by atomic mass is 14.8. The second kappa shape index (κ2) is 4.55. The first kappa shape index (κ1) is 10.7. The molecule has 3 heteroatoms. The summed E-state index contributed by atoms with van der Waals surface area (Å²) in [4.78, 5) is 4.23. The maximum atomic E-state index is 8.32. The van der Waals surface area contributed by atoms with Crippen molar-refractivity contribution in [3.8, 4) is 6.07 Å². The molecule has 0 fully saturated rings. The topological polar surface area (TPSA) is 62.2 Å². The summed E-state index contributed by atoms with van der Waals surface area (Å²) in [6.07, 6.45) is 4.06. The lowest BCUT2D eigenvalue weighted by molar-refractivity contribution is 0.507. The Bertz CT molecular complexity index is 231. The van der Waals surface area contributed by atoms with Crippen molar-refractivity contribution in [1.82, 2.24) is 0 Å². The predicted molar refractivity (Wildman–Crippen MR) is 50.7 cm³/mol. The van der Waals surface area contributed by atoms with E-state index in [1.165, 1.54) is 6.08 Å². The van der Waals surface area contributed by atoms with Crippen molar-refractivity contribution in [3.63, 3.8) is 0 Å². The number of nitrogens with zero attached hydrogens (tertiary/aromatic N) is 2. The van der Waals surface area contributed by atoms with Gasteiger partial charge in [-0.25, -0.2) is 0 Å². The standard InChI is InChI=1S/C9H15N3/c1-4-9(2,3)12-6-5-8(11)7-10/h5-6H,4,11H2,1-3H3/b8-5-,12-6?. The van der Waals surface area contributed by atoms with Crippen molar-refractivity contribution in [3.05, 3.63) is 11.8 Å². The molecule has 3 nitrogen and oxygen atoms in total. The number of nitriles is 1. The van der Waals surface area contributed by atoms with Gasteiger partial charge in [0.25, 0.3) is 0 Å². The Balaban J connectivity index is 4.19. The fourth-order valence-corrected chi connectivity index (χ4v) is 0.448. The SMILES string of the molecule is CCC(C)(C)N=C/C=C(\N)C#N.